The Kier molecular flexibility index (Phi) is 4.58. The van der Waals surface area contributed by atoms with Crippen LogP contribution in [0.15, 0.2) is 24.4 Å². The van der Waals surface area contributed by atoms with Crippen LogP contribution in [-0.4, -0.2) is 12.1 Å². The summed E-state index contributed by atoms with van der Waals surface area (Å²) >= 11 is 0. The van der Waals surface area contributed by atoms with E-state index in [-0.39, 0.29) is 5.82 Å². The van der Waals surface area contributed by atoms with Crippen LogP contribution in [0.2, 0.25) is 0 Å². The number of aryl methyl sites for hydroxylation is 2. The molecule has 21 heavy (non-hydrogen) atoms. The fourth-order valence-corrected chi connectivity index (χ4v) is 2.53. The summed E-state index contributed by atoms with van der Waals surface area (Å²) in [4.78, 5) is 4.42. The number of nitrogens with zero attached hydrogens (tertiary/aromatic N) is 1. The molecule has 0 aliphatic heterocycles. The number of ether oxygens (including phenoxy) is 1. The summed E-state index contributed by atoms with van der Waals surface area (Å²) in [5, 5.41) is 0. The molecule has 0 saturated heterocycles. The smallest absolute Gasteiger partial charge is 0.128 e. The van der Waals surface area contributed by atoms with E-state index in [0.717, 1.165) is 28.1 Å². The van der Waals surface area contributed by atoms with Crippen LogP contribution in [0.1, 0.15) is 34.0 Å². The van der Waals surface area contributed by atoms with Crippen LogP contribution in [0.4, 0.5) is 4.39 Å². The summed E-state index contributed by atoms with van der Waals surface area (Å²) in [5.74, 6) is 0.552. The molecule has 1 atom stereocenters. The first-order valence-corrected chi connectivity index (χ1v) is 6.94. The van der Waals surface area contributed by atoms with Crippen LogP contribution >= 0.6 is 0 Å². The summed E-state index contributed by atoms with van der Waals surface area (Å²) in [5.41, 5.74) is 10.3. The zero-order valence-electron chi connectivity index (χ0n) is 12.9. The maximum absolute atomic E-state index is 14.0. The fraction of sp³-hybridized carbons (Fsp3) is 0.353. The van der Waals surface area contributed by atoms with E-state index in [1.807, 2.05) is 26.8 Å². The number of pyridine rings is 1. The first kappa shape index (κ1) is 15.4. The van der Waals surface area contributed by atoms with Crippen LogP contribution in [0, 0.1) is 26.6 Å². The van der Waals surface area contributed by atoms with E-state index in [2.05, 4.69) is 4.98 Å². The average molecular weight is 288 g/mol. The summed E-state index contributed by atoms with van der Waals surface area (Å²) in [6.45, 7) is 5.75. The molecule has 0 aliphatic carbocycles. The zero-order valence-corrected chi connectivity index (χ0v) is 12.9. The molecule has 2 rings (SSSR count). The summed E-state index contributed by atoms with van der Waals surface area (Å²) in [7, 11) is 1.64. The highest BCUT2D eigenvalue weighted by Gasteiger charge is 2.16. The van der Waals surface area contributed by atoms with E-state index in [1.54, 1.807) is 19.4 Å². The zero-order chi connectivity index (χ0) is 15.6. The molecule has 0 aliphatic rings. The number of hydrogen-bond donors (Lipinski definition) is 1. The molecular formula is C17H21FN2O. The Balaban J connectivity index is 2.29. The van der Waals surface area contributed by atoms with Gasteiger partial charge in [-0.25, -0.2) is 4.39 Å². The average Bonchev–Trinajstić information content (AvgIpc) is 2.42. The molecule has 3 nitrogen and oxygen atoms in total. The molecule has 4 heteroatoms. The van der Waals surface area contributed by atoms with Crippen molar-refractivity contribution in [2.75, 3.05) is 7.11 Å². The van der Waals surface area contributed by atoms with Gasteiger partial charge in [-0.05, 0) is 32.4 Å². The molecule has 112 valence electrons. The quantitative estimate of drug-likeness (QED) is 0.938. The Morgan fingerprint density at radius 1 is 1.29 bits per heavy atom. The molecule has 1 unspecified atom stereocenters. The van der Waals surface area contributed by atoms with Crippen LogP contribution in [0.25, 0.3) is 0 Å². The van der Waals surface area contributed by atoms with E-state index in [9.17, 15) is 4.39 Å². The van der Waals surface area contributed by atoms with Gasteiger partial charge in [0.15, 0.2) is 0 Å². The van der Waals surface area contributed by atoms with Crippen molar-refractivity contribution in [2.24, 2.45) is 5.73 Å². The van der Waals surface area contributed by atoms with Crippen LogP contribution < -0.4 is 10.5 Å². The second-order valence-corrected chi connectivity index (χ2v) is 5.38. The van der Waals surface area contributed by atoms with Crippen LogP contribution in [-0.2, 0) is 6.42 Å². The molecule has 1 heterocycles. The van der Waals surface area contributed by atoms with Gasteiger partial charge in [0.2, 0.25) is 0 Å². The first-order valence-electron chi connectivity index (χ1n) is 6.94. The van der Waals surface area contributed by atoms with E-state index in [1.165, 1.54) is 6.07 Å². The molecule has 2 aromatic rings. The van der Waals surface area contributed by atoms with Crippen molar-refractivity contribution in [3.63, 3.8) is 0 Å². The van der Waals surface area contributed by atoms with E-state index in [0.29, 0.717) is 12.0 Å². The van der Waals surface area contributed by atoms with Gasteiger partial charge in [-0.1, -0.05) is 12.1 Å². The van der Waals surface area contributed by atoms with Gasteiger partial charge in [0.25, 0.3) is 0 Å². The topological polar surface area (TPSA) is 48.1 Å². The maximum Gasteiger partial charge on any atom is 0.128 e. The molecule has 2 N–H and O–H groups in total. The molecule has 1 aromatic carbocycles. The van der Waals surface area contributed by atoms with E-state index < -0.39 is 6.04 Å². The molecule has 0 saturated carbocycles. The SMILES string of the molecule is COc1c(C)cnc(CC(N)c2ccc(C)cc2F)c1C. The van der Waals surface area contributed by atoms with Crippen LogP contribution in [0.3, 0.4) is 0 Å². The molecule has 0 amide bonds. The van der Waals surface area contributed by atoms with E-state index in [4.69, 9.17) is 10.5 Å². The molecule has 0 bridgehead atoms. The Hall–Kier alpha value is -1.94. The normalized spacial score (nSPS) is 12.3. The Labute approximate surface area is 125 Å². The predicted molar refractivity (Wildman–Crippen MR) is 82.0 cm³/mol. The van der Waals surface area contributed by atoms with Crippen molar-refractivity contribution < 1.29 is 9.13 Å². The lowest BCUT2D eigenvalue weighted by Gasteiger charge is -2.16. The largest absolute Gasteiger partial charge is 0.496 e. The van der Waals surface area contributed by atoms with Gasteiger partial charge in [0, 0.05) is 41.0 Å². The summed E-state index contributed by atoms with van der Waals surface area (Å²) in [6.07, 6.45) is 2.24. The molecule has 1 aromatic heterocycles. The number of hydrogen-bond acceptors (Lipinski definition) is 3. The molecule has 0 spiro atoms. The van der Waals surface area contributed by atoms with Crippen LogP contribution in [0.5, 0.6) is 5.75 Å². The highest BCUT2D eigenvalue weighted by molar-refractivity contribution is 5.41. The Morgan fingerprint density at radius 2 is 2.00 bits per heavy atom. The third-order valence-electron chi connectivity index (χ3n) is 3.72. The number of nitrogens with two attached hydrogens (primary N) is 1. The molecular weight excluding hydrogens is 267 g/mol. The second-order valence-electron chi connectivity index (χ2n) is 5.38. The standard InChI is InChI=1S/C17H21FN2O/c1-10-5-6-13(14(18)7-10)15(19)8-16-12(3)17(21-4)11(2)9-20-16/h5-7,9,15H,8,19H2,1-4H3. The Morgan fingerprint density at radius 3 is 2.62 bits per heavy atom. The van der Waals surface area contributed by atoms with Gasteiger partial charge in [-0.3, -0.25) is 4.98 Å². The summed E-state index contributed by atoms with van der Waals surface area (Å²) < 4.78 is 19.4. The number of aromatic nitrogens is 1. The molecule has 0 fully saturated rings. The molecule has 0 radical (unpaired) electrons. The minimum Gasteiger partial charge on any atom is -0.496 e. The number of benzene rings is 1. The van der Waals surface area contributed by atoms with Gasteiger partial charge in [-0.2, -0.15) is 0 Å². The van der Waals surface area contributed by atoms with Gasteiger partial charge >= 0.3 is 0 Å². The number of methoxy groups -OCH3 is 1. The lowest BCUT2D eigenvalue weighted by molar-refractivity contribution is 0.406. The predicted octanol–water partition coefficient (Wildman–Crippen LogP) is 3.40. The highest BCUT2D eigenvalue weighted by Crippen LogP contribution is 2.27. The fourth-order valence-electron chi connectivity index (χ4n) is 2.53. The maximum atomic E-state index is 14.0. The van der Waals surface area contributed by atoms with Gasteiger partial charge in [-0.15, -0.1) is 0 Å². The number of halogens is 1. The monoisotopic (exact) mass is 288 g/mol. The van der Waals surface area contributed by atoms with Gasteiger partial charge < -0.3 is 10.5 Å². The third kappa shape index (κ3) is 3.22. The lowest BCUT2D eigenvalue weighted by atomic mass is 9.98. The number of rotatable bonds is 4. The van der Waals surface area contributed by atoms with Gasteiger partial charge in [0.1, 0.15) is 11.6 Å². The third-order valence-corrected chi connectivity index (χ3v) is 3.72. The Bertz CT molecular complexity index is 655. The van der Waals surface area contributed by atoms with Crippen molar-refractivity contribution in [2.45, 2.75) is 33.2 Å². The van der Waals surface area contributed by atoms with Crippen molar-refractivity contribution >= 4 is 0 Å². The van der Waals surface area contributed by atoms with Gasteiger partial charge in [0.05, 0.1) is 7.11 Å². The van der Waals surface area contributed by atoms with Crippen molar-refractivity contribution in [1.82, 2.24) is 4.98 Å². The van der Waals surface area contributed by atoms with Crippen molar-refractivity contribution in [3.05, 3.63) is 58.2 Å². The minimum absolute atomic E-state index is 0.265. The highest BCUT2D eigenvalue weighted by atomic mass is 19.1. The van der Waals surface area contributed by atoms with E-state index >= 15 is 0 Å². The van der Waals surface area contributed by atoms with Crippen molar-refractivity contribution in [3.8, 4) is 5.75 Å². The summed E-state index contributed by atoms with van der Waals surface area (Å²) in [6, 6.07) is 4.69. The van der Waals surface area contributed by atoms with Crippen molar-refractivity contribution in [1.29, 1.82) is 0 Å². The first-order chi connectivity index (χ1) is 9.93. The minimum atomic E-state index is -0.427. The second kappa shape index (κ2) is 6.22. The lowest BCUT2D eigenvalue weighted by Crippen LogP contribution is -2.17.